The molecule has 74 valence electrons. The van der Waals surface area contributed by atoms with Gasteiger partial charge in [-0.05, 0) is 13.8 Å². The molecule has 0 rings (SSSR count). The second-order valence-electron chi connectivity index (χ2n) is 2.76. The topological polar surface area (TPSA) is 37.3 Å². The average molecular weight is 207 g/mol. The van der Waals surface area contributed by atoms with Gasteiger partial charge in [-0.1, -0.05) is 6.58 Å². The summed E-state index contributed by atoms with van der Waals surface area (Å²) in [5, 5.41) is 7.94. The summed E-state index contributed by atoms with van der Waals surface area (Å²) in [5.74, 6) is -1.25. The van der Waals surface area contributed by atoms with Gasteiger partial charge in [0.25, 0.3) is 0 Å². The normalized spacial score (nSPS) is 14.8. The molecule has 0 saturated heterocycles. The standard InChI is InChI=1S/C9H12ClFO2/c1-5(6(2)12)9(11)4-8(10)7(3)13/h8,12H,2,4H2,1,3H3/b9-5+. The van der Waals surface area contributed by atoms with E-state index in [9.17, 15) is 9.18 Å². The van der Waals surface area contributed by atoms with Crippen LogP contribution in [-0.4, -0.2) is 16.3 Å². The first-order chi connectivity index (χ1) is 5.86. The molecule has 0 aliphatic rings. The molecule has 0 aromatic heterocycles. The van der Waals surface area contributed by atoms with Crippen LogP contribution in [0.15, 0.2) is 23.7 Å². The van der Waals surface area contributed by atoms with Crippen molar-refractivity contribution < 1.29 is 14.3 Å². The highest BCUT2D eigenvalue weighted by Gasteiger charge is 2.15. The van der Waals surface area contributed by atoms with Crippen molar-refractivity contribution in [2.75, 3.05) is 0 Å². The fraction of sp³-hybridized carbons (Fsp3) is 0.444. The number of hydrogen-bond acceptors (Lipinski definition) is 2. The van der Waals surface area contributed by atoms with Crippen LogP contribution in [0.1, 0.15) is 20.3 Å². The summed E-state index contributed by atoms with van der Waals surface area (Å²) in [5.41, 5.74) is 0.0342. The van der Waals surface area contributed by atoms with E-state index in [0.717, 1.165) is 0 Å². The molecule has 0 spiro atoms. The predicted octanol–water partition coefficient (Wildman–Crippen LogP) is 2.89. The zero-order chi connectivity index (χ0) is 10.6. The van der Waals surface area contributed by atoms with Crippen molar-refractivity contribution in [2.45, 2.75) is 25.6 Å². The minimum Gasteiger partial charge on any atom is -0.508 e. The van der Waals surface area contributed by atoms with Crippen molar-refractivity contribution in [3.05, 3.63) is 23.7 Å². The number of hydrogen-bond donors (Lipinski definition) is 1. The molecule has 1 unspecified atom stereocenters. The van der Waals surface area contributed by atoms with E-state index >= 15 is 0 Å². The number of aliphatic hydroxyl groups excluding tert-OH is 1. The number of Topliss-reactive ketones (excluding diaryl/α,β-unsaturated/α-hetero) is 1. The fourth-order valence-corrected chi connectivity index (χ4v) is 0.746. The molecule has 13 heavy (non-hydrogen) atoms. The van der Waals surface area contributed by atoms with Crippen molar-refractivity contribution in [3.63, 3.8) is 0 Å². The first-order valence-electron chi connectivity index (χ1n) is 3.74. The van der Waals surface area contributed by atoms with Gasteiger partial charge in [0.15, 0.2) is 0 Å². The van der Waals surface area contributed by atoms with Crippen molar-refractivity contribution in [3.8, 4) is 0 Å². The second kappa shape index (κ2) is 5.02. The van der Waals surface area contributed by atoms with Crippen LogP contribution >= 0.6 is 11.6 Å². The molecule has 0 bridgehead atoms. The zero-order valence-corrected chi connectivity index (χ0v) is 8.36. The summed E-state index contributed by atoms with van der Waals surface area (Å²) in [6.45, 7) is 5.82. The van der Waals surface area contributed by atoms with Gasteiger partial charge < -0.3 is 5.11 Å². The van der Waals surface area contributed by atoms with Gasteiger partial charge in [0.05, 0.1) is 5.38 Å². The summed E-state index contributed by atoms with van der Waals surface area (Å²) in [7, 11) is 0. The Morgan fingerprint density at radius 1 is 1.62 bits per heavy atom. The van der Waals surface area contributed by atoms with Crippen LogP contribution in [0.3, 0.4) is 0 Å². The number of carbonyl (C=O) groups excluding carboxylic acids is 1. The lowest BCUT2D eigenvalue weighted by atomic mass is 10.1. The van der Waals surface area contributed by atoms with Gasteiger partial charge >= 0.3 is 0 Å². The molecule has 0 saturated carbocycles. The molecule has 0 aliphatic heterocycles. The number of carbonyl (C=O) groups is 1. The van der Waals surface area contributed by atoms with Crippen LogP contribution in [-0.2, 0) is 4.79 Å². The van der Waals surface area contributed by atoms with Gasteiger partial charge in [-0.2, -0.15) is 0 Å². The molecule has 0 aromatic carbocycles. The van der Waals surface area contributed by atoms with Crippen molar-refractivity contribution in [1.29, 1.82) is 0 Å². The molecule has 1 atom stereocenters. The molecule has 1 N–H and O–H groups in total. The van der Waals surface area contributed by atoms with Crippen LogP contribution in [0, 0.1) is 0 Å². The third-order valence-electron chi connectivity index (χ3n) is 1.64. The monoisotopic (exact) mass is 206 g/mol. The first kappa shape index (κ1) is 12.2. The zero-order valence-electron chi connectivity index (χ0n) is 7.60. The Kier molecular flexibility index (Phi) is 4.70. The predicted molar refractivity (Wildman–Crippen MR) is 50.5 cm³/mol. The van der Waals surface area contributed by atoms with Crippen LogP contribution < -0.4 is 0 Å². The van der Waals surface area contributed by atoms with Crippen molar-refractivity contribution in [2.24, 2.45) is 0 Å². The number of rotatable bonds is 4. The van der Waals surface area contributed by atoms with Crippen molar-refractivity contribution in [1.82, 2.24) is 0 Å². The van der Waals surface area contributed by atoms with Crippen molar-refractivity contribution >= 4 is 17.4 Å². The number of halogens is 2. The van der Waals surface area contributed by atoms with E-state index in [4.69, 9.17) is 16.7 Å². The summed E-state index contributed by atoms with van der Waals surface area (Å²) in [4.78, 5) is 10.7. The maximum Gasteiger partial charge on any atom is 0.148 e. The Hall–Kier alpha value is -0.830. The lowest BCUT2D eigenvalue weighted by Crippen LogP contribution is -2.10. The molecule has 0 heterocycles. The van der Waals surface area contributed by atoms with Gasteiger partial charge in [-0.3, -0.25) is 4.79 Å². The molecule has 0 radical (unpaired) electrons. The molecule has 2 nitrogen and oxygen atoms in total. The summed E-state index contributed by atoms with van der Waals surface area (Å²) in [6, 6.07) is 0. The van der Waals surface area contributed by atoms with Gasteiger partial charge in [0.2, 0.25) is 0 Å². The molecule has 0 fully saturated rings. The maximum atomic E-state index is 13.1. The Labute approximate surface area is 81.7 Å². The average Bonchev–Trinajstić information content (AvgIpc) is 2.02. The number of aliphatic hydroxyl groups is 1. The summed E-state index contributed by atoms with van der Waals surface area (Å²) >= 11 is 5.52. The minimum atomic E-state index is -0.880. The number of ketones is 1. The molecule has 4 heteroatoms. The molecule has 0 aliphatic carbocycles. The van der Waals surface area contributed by atoms with Gasteiger partial charge in [-0.25, -0.2) is 4.39 Å². The Morgan fingerprint density at radius 3 is 2.38 bits per heavy atom. The molecule has 0 amide bonds. The van der Waals surface area contributed by atoms with E-state index in [1.54, 1.807) is 0 Å². The molecular weight excluding hydrogens is 195 g/mol. The molecule has 0 aromatic rings. The third-order valence-corrected chi connectivity index (χ3v) is 2.10. The van der Waals surface area contributed by atoms with Gasteiger partial charge in [0, 0.05) is 12.0 Å². The van der Waals surface area contributed by atoms with E-state index in [1.165, 1.54) is 13.8 Å². The van der Waals surface area contributed by atoms with Crippen LogP contribution in [0.4, 0.5) is 4.39 Å². The highest BCUT2D eigenvalue weighted by Crippen LogP contribution is 2.19. The molecular formula is C9H12ClFO2. The maximum absolute atomic E-state index is 13.1. The van der Waals surface area contributed by atoms with E-state index in [0.29, 0.717) is 0 Å². The highest BCUT2D eigenvalue weighted by molar-refractivity contribution is 6.30. The SMILES string of the molecule is C=C(O)/C(C)=C(/F)CC(Cl)C(C)=O. The largest absolute Gasteiger partial charge is 0.508 e. The van der Waals surface area contributed by atoms with Gasteiger partial charge in [0.1, 0.15) is 17.4 Å². The van der Waals surface area contributed by atoms with E-state index in [2.05, 4.69) is 6.58 Å². The van der Waals surface area contributed by atoms with Crippen LogP contribution in [0.25, 0.3) is 0 Å². The fourth-order valence-electron chi connectivity index (χ4n) is 0.611. The Balaban J connectivity index is 4.45. The van der Waals surface area contributed by atoms with Gasteiger partial charge in [-0.15, -0.1) is 11.6 Å². The van der Waals surface area contributed by atoms with Crippen LogP contribution in [0.5, 0.6) is 0 Å². The van der Waals surface area contributed by atoms with E-state index in [-0.39, 0.29) is 23.5 Å². The Bertz CT molecular complexity index is 258. The quantitative estimate of drug-likeness (QED) is 0.436. The lowest BCUT2D eigenvalue weighted by Gasteiger charge is -2.05. The minimum absolute atomic E-state index is 0.0342. The number of allylic oxidation sites excluding steroid dienone is 2. The first-order valence-corrected chi connectivity index (χ1v) is 4.18. The summed E-state index contributed by atoms with van der Waals surface area (Å²) < 4.78 is 13.1. The second-order valence-corrected chi connectivity index (χ2v) is 3.29. The third kappa shape index (κ3) is 4.08. The van der Waals surface area contributed by atoms with E-state index in [1.807, 2.05) is 0 Å². The van der Waals surface area contributed by atoms with E-state index < -0.39 is 11.2 Å². The van der Waals surface area contributed by atoms with Crippen LogP contribution in [0.2, 0.25) is 0 Å². The smallest absolute Gasteiger partial charge is 0.148 e. The summed E-state index contributed by atoms with van der Waals surface area (Å²) in [6.07, 6.45) is -0.206. The highest BCUT2D eigenvalue weighted by atomic mass is 35.5. The lowest BCUT2D eigenvalue weighted by molar-refractivity contribution is -0.116. The Morgan fingerprint density at radius 2 is 2.08 bits per heavy atom. The number of alkyl halides is 1.